The normalized spacial score (nSPS) is 33.2. The van der Waals surface area contributed by atoms with Crippen molar-refractivity contribution in [2.75, 3.05) is 19.6 Å². The third-order valence-corrected chi connectivity index (χ3v) is 3.75. The Hall–Kier alpha value is -0.0800. The van der Waals surface area contributed by atoms with Gasteiger partial charge in [-0.3, -0.25) is 4.90 Å². The van der Waals surface area contributed by atoms with E-state index in [4.69, 9.17) is 0 Å². The molecule has 90 valence electrons. The summed E-state index contributed by atoms with van der Waals surface area (Å²) in [7, 11) is 0. The molecule has 1 aliphatic heterocycles. The summed E-state index contributed by atoms with van der Waals surface area (Å²) in [5.41, 5.74) is 0.347. The van der Waals surface area contributed by atoms with Gasteiger partial charge in [0.25, 0.3) is 0 Å². The molecule has 0 amide bonds. The molecule has 0 spiro atoms. The fourth-order valence-electron chi connectivity index (χ4n) is 2.53. The smallest absolute Gasteiger partial charge is 0.0278 e. The molecular weight excluding hydrogens is 184 g/mol. The van der Waals surface area contributed by atoms with Crippen molar-refractivity contribution in [2.45, 2.75) is 65.0 Å². The molecule has 1 rings (SSSR count). The van der Waals surface area contributed by atoms with E-state index in [0.717, 1.165) is 6.04 Å². The van der Waals surface area contributed by atoms with Crippen LogP contribution in [-0.4, -0.2) is 36.1 Å². The summed E-state index contributed by atoms with van der Waals surface area (Å²) in [6, 6.07) is 0.773. The summed E-state index contributed by atoms with van der Waals surface area (Å²) < 4.78 is 0. The maximum absolute atomic E-state index is 3.73. The van der Waals surface area contributed by atoms with Gasteiger partial charge < -0.3 is 5.32 Å². The summed E-state index contributed by atoms with van der Waals surface area (Å²) in [5, 5.41) is 3.73. The molecule has 0 aromatic rings. The minimum absolute atomic E-state index is 0.347. The third kappa shape index (κ3) is 3.46. The van der Waals surface area contributed by atoms with Gasteiger partial charge in [-0.15, -0.1) is 0 Å². The SMILES string of the molecule is CCCC1CNC(C)(CC)CN1CCC. The van der Waals surface area contributed by atoms with Crippen LogP contribution in [0.2, 0.25) is 0 Å². The second-order valence-corrected chi connectivity index (χ2v) is 5.21. The Morgan fingerprint density at radius 2 is 2.00 bits per heavy atom. The summed E-state index contributed by atoms with van der Waals surface area (Å²) in [4.78, 5) is 2.70. The van der Waals surface area contributed by atoms with E-state index >= 15 is 0 Å². The van der Waals surface area contributed by atoms with Gasteiger partial charge in [0.15, 0.2) is 0 Å². The predicted octanol–water partition coefficient (Wildman–Crippen LogP) is 2.64. The maximum atomic E-state index is 3.73. The monoisotopic (exact) mass is 212 g/mol. The van der Waals surface area contributed by atoms with Crippen molar-refractivity contribution in [1.82, 2.24) is 10.2 Å². The van der Waals surface area contributed by atoms with Crippen LogP contribution in [0.25, 0.3) is 0 Å². The predicted molar refractivity (Wildman–Crippen MR) is 67.3 cm³/mol. The standard InChI is InChI=1S/C13H28N2/c1-5-8-12-10-14-13(4,7-3)11-15(12)9-6-2/h12,14H,5-11H2,1-4H3. The number of piperazine rings is 1. The average molecular weight is 212 g/mol. The molecule has 0 aliphatic carbocycles. The largest absolute Gasteiger partial charge is 0.309 e. The number of hydrogen-bond donors (Lipinski definition) is 1. The second kappa shape index (κ2) is 5.86. The van der Waals surface area contributed by atoms with Crippen molar-refractivity contribution in [1.29, 1.82) is 0 Å². The first kappa shape index (κ1) is 13.0. The second-order valence-electron chi connectivity index (χ2n) is 5.21. The Morgan fingerprint density at radius 1 is 1.27 bits per heavy atom. The van der Waals surface area contributed by atoms with Crippen LogP contribution in [0.5, 0.6) is 0 Å². The van der Waals surface area contributed by atoms with Gasteiger partial charge in [0.05, 0.1) is 0 Å². The molecule has 0 radical (unpaired) electrons. The first-order valence-corrected chi connectivity index (χ1v) is 6.64. The number of rotatable bonds is 5. The molecule has 0 bridgehead atoms. The Bertz CT molecular complexity index is 181. The van der Waals surface area contributed by atoms with E-state index in [1.165, 1.54) is 45.3 Å². The lowest BCUT2D eigenvalue weighted by atomic mass is 9.92. The van der Waals surface area contributed by atoms with Crippen LogP contribution >= 0.6 is 0 Å². The van der Waals surface area contributed by atoms with Gasteiger partial charge in [0.1, 0.15) is 0 Å². The molecule has 2 atom stereocenters. The van der Waals surface area contributed by atoms with E-state index in [9.17, 15) is 0 Å². The van der Waals surface area contributed by atoms with Crippen molar-refractivity contribution >= 4 is 0 Å². The molecule has 2 unspecified atom stereocenters. The first-order valence-electron chi connectivity index (χ1n) is 6.64. The van der Waals surface area contributed by atoms with Gasteiger partial charge in [-0.05, 0) is 32.7 Å². The quantitative estimate of drug-likeness (QED) is 0.753. The van der Waals surface area contributed by atoms with Crippen LogP contribution in [0.3, 0.4) is 0 Å². The van der Waals surface area contributed by atoms with Gasteiger partial charge in [-0.25, -0.2) is 0 Å². The van der Waals surface area contributed by atoms with E-state index in [1.807, 2.05) is 0 Å². The molecular formula is C13H28N2. The van der Waals surface area contributed by atoms with E-state index in [-0.39, 0.29) is 0 Å². The Kier molecular flexibility index (Phi) is 5.07. The third-order valence-electron chi connectivity index (χ3n) is 3.75. The highest BCUT2D eigenvalue weighted by Gasteiger charge is 2.33. The van der Waals surface area contributed by atoms with Crippen molar-refractivity contribution in [3.05, 3.63) is 0 Å². The van der Waals surface area contributed by atoms with E-state index in [1.54, 1.807) is 0 Å². The van der Waals surface area contributed by atoms with Crippen LogP contribution in [-0.2, 0) is 0 Å². The highest BCUT2D eigenvalue weighted by Crippen LogP contribution is 2.21. The van der Waals surface area contributed by atoms with Crippen LogP contribution in [0.1, 0.15) is 53.4 Å². The maximum Gasteiger partial charge on any atom is 0.0278 e. The van der Waals surface area contributed by atoms with Crippen molar-refractivity contribution in [3.8, 4) is 0 Å². The van der Waals surface area contributed by atoms with Crippen LogP contribution in [0.15, 0.2) is 0 Å². The molecule has 1 N–H and O–H groups in total. The number of hydrogen-bond acceptors (Lipinski definition) is 2. The van der Waals surface area contributed by atoms with Gasteiger partial charge in [-0.1, -0.05) is 27.2 Å². The summed E-state index contributed by atoms with van der Waals surface area (Å²) in [6.07, 6.45) is 5.15. The topological polar surface area (TPSA) is 15.3 Å². The molecule has 0 aromatic heterocycles. The molecule has 0 saturated carbocycles. The molecule has 0 aromatic carbocycles. The molecule has 15 heavy (non-hydrogen) atoms. The lowest BCUT2D eigenvalue weighted by Crippen LogP contribution is -2.62. The zero-order chi connectivity index (χ0) is 11.3. The van der Waals surface area contributed by atoms with E-state index in [0.29, 0.717) is 5.54 Å². The highest BCUT2D eigenvalue weighted by atomic mass is 15.2. The molecule has 2 heteroatoms. The lowest BCUT2D eigenvalue weighted by molar-refractivity contribution is 0.0793. The zero-order valence-corrected chi connectivity index (χ0v) is 11.0. The zero-order valence-electron chi connectivity index (χ0n) is 11.0. The molecule has 1 heterocycles. The van der Waals surface area contributed by atoms with Gasteiger partial charge in [-0.2, -0.15) is 0 Å². The average Bonchev–Trinajstić information content (AvgIpc) is 2.23. The fraction of sp³-hybridized carbons (Fsp3) is 1.00. The Labute approximate surface area is 95.4 Å². The van der Waals surface area contributed by atoms with Crippen molar-refractivity contribution < 1.29 is 0 Å². The minimum atomic E-state index is 0.347. The summed E-state index contributed by atoms with van der Waals surface area (Å²) in [6.45, 7) is 12.9. The van der Waals surface area contributed by atoms with Gasteiger partial charge in [0, 0.05) is 24.7 Å². The van der Waals surface area contributed by atoms with Crippen LogP contribution in [0, 0.1) is 0 Å². The van der Waals surface area contributed by atoms with Crippen molar-refractivity contribution in [3.63, 3.8) is 0 Å². The van der Waals surface area contributed by atoms with E-state index < -0.39 is 0 Å². The minimum Gasteiger partial charge on any atom is -0.309 e. The van der Waals surface area contributed by atoms with Crippen LogP contribution in [0.4, 0.5) is 0 Å². The summed E-state index contributed by atoms with van der Waals surface area (Å²) in [5.74, 6) is 0. The number of nitrogens with zero attached hydrogens (tertiary/aromatic N) is 1. The van der Waals surface area contributed by atoms with Crippen molar-refractivity contribution in [2.24, 2.45) is 0 Å². The fourth-order valence-corrected chi connectivity index (χ4v) is 2.53. The van der Waals surface area contributed by atoms with Gasteiger partial charge in [0.2, 0.25) is 0 Å². The van der Waals surface area contributed by atoms with Gasteiger partial charge >= 0.3 is 0 Å². The molecule has 1 saturated heterocycles. The Balaban J connectivity index is 2.56. The molecule has 1 aliphatic rings. The van der Waals surface area contributed by atoms with E-state index in [2.05, 4.69) is 37.9 Å². The van der Waals surface area contributed by atoms with Crippen LogP contribution < -0.4 is 5.32 Å². The highest BCUT2D eigenvalue weighted by molar-refractivity contribution is 4.94. The first-order chi connectivity index (χ1) is 7.15. The lowest BCUT2D eigenvalue weighted by Gasteiger charge is -2.46. The number of nitrogens with one attached hydrogen (secondary N) is 1. The Morgan fingerprint density at radius 3 is 2.53 bits per heavy atom. The summed E-state index contributed by atoms with van der Waals surface area (Å²) >= 11 is 0. The molecule has 2 nitrogen and oxygen atoms in total. The molecule has 1 fully saturated rings.